The third-order valence-corrected chi connectivity index (χ3v) is 8.54. The van der Waals surface area contributed by atoms with E-state index in [4.69, 9.17) is 15.6 Å². The number of fused-ring (bicyclic) bond motifs is 2. The van der Waals surface area contributed by atoms with E-state index < -0.39 is 0 Å². The molecule has 4 aromatic rings. The van der Waals surface area contributed by atoms with Crippen molar-refractivity contribution in [2.75, 3.05) is 26.2 Å². The Morgan fingerprint density at radius 2 is 2.08 bits per heavy atom. The standard InChI is InChI=1S/C30H35N7O3/c1-18-24-7-6-22(30(39)35-10-2-3-23(31)16-35)15-37(24)34-27(18)25-12-21-8-9-32-29(28(21)36(25)14-19-4-5-19)40-17-20-11-26(38)33-13-20/h6-9,12,15,19-20,23H,2-5,10-11,13-14,16-17,31H2,1H3,(H,33,38). The summed E-state index contributed by atoms with van der Waals surface area (Å²) < 4.78 is 10.4. The summed E-state index contributed by atoms with van der Waals surface area (Å²) in [7, 11) is 0. The molecule has 3 N–H and O–H groups in total. The first-order valence-electron chi connectivity index (χ1n) is 14.4. The number of hydrogen-bond donors (Lipinski definition) is 2. The van der Waals surface area contributed by atoms with Crippen molar-refractivity contribution >= 4 is 28.2 Å². The van der Waals surface area contributed by atoms with Gasteiger partial charge in [-0.1, -0.05) is 0 Å². The van der Waals surface area contributed by atoms with E-state index >= 15 is 0 Å². The van der Waals surface area contributed by atoms with Crippen LogP contribution in [0.15, 0.2) is 36.7 Å². The summed E-state index contributed by atoms with van der Waals surface area (Å²) in [5.74, 6) is 1.44. The van der Waals surface area contributed by atoms with Crippen LogP contribution in [0.4, 0.5) is 0 Å². The van der Waals surface area contributed by atoms with Crippen LogP contribution in [0.2, 0.25) is 0 Å². The van der Waals surface area contributed by atoms with E-state index in [0.29, 0.717) is 43.5 Å². The quantitative estimate of drug-likeness (QED) is 0.371. The fourth-order valence-electron chi connectivity index (χ4n) is 6.13. The summed E-state index contributed by atoms with van der Waals surface area (Å²) in [6.07, 6.45) is 8.42. The summed E-state index contributed by atoms with van der Waals surface area (Å²) in [5.41, 5.74) is 11.7. The Balaban J connectivity index is 1.26. The van der Waals surface area contributed by atoms with Crippen LogP contribution in [-0.2, 0) is 11.3 Å². The van der Waals surface area contributed by atoms with Crippen molar-refractivity contribution < 1.29 is 14.3 Å². The second-order valence-electron chi connectivity index (χ2n) is 11.7. The Kier molecular flexibility index (Phi) is 6.22. The Bertz CT molecular complexity index is 1620. The SMILES string of the molecule is Cc1c(-c2cc3ccnc(OCC4CNC(=O)C4)c3n2CC2CC2)nn2cc(C(=O)N3CCCC(N)C3)ccc12. The molecule has 4 aromatic heterocycles. The molecule has 1 aliphatic carbocycles. The van der Waals surface area contributed by atoms with Crippen molar-refractivity contribution in [3.8, 4) is 17.3 Å². The molecule has 7 rings (SSSR count). The van der Waals surface area contributed by atoms with Crippen LogP contribution in [-0.4, -0.2) is 68.2 Å². The summed E-state index contributed by atoms with van der Waals surface area (Å²) in [5, 5.41) is 8.94. The molecule has 1 saturated carbocycles. The van der Waals surface area contributed by atoms with Gasteiger partial charge in [-0.15, -0.1) is 0 Å². The summed E-state index contributed by atoms with van der Waals surface area (Å²) in [6, 6.07) is 8.11. The van der Waals surface area contributed by atoms with Gasteiger partial charge in [-0.2, -0.15) is 5.10 Å². The molecular formula is C30H35N7O3. The summed E-state index contributed by atoms with van der Waals surface area (Å²) in [4.78, 5) is 31.4. The van der Waals surface area contributed by atoms with E-state index in [2.05, 4.69) is 27.9 Å². The van der Waals surface area contributed by atoms with Gasteiger partial charge < -0.3 is 25.3 Å². The molecule has 0 spiro atoms. The molecule has 2 unspecified atom stereocenters. The highest BCUT2D eigenvalue weighted by Crippen LogP contribution is 2.39. The number of pyridine rings is 2. The zero-order valence-electron chi connectivity index (χ0n) is 22.8. The number of rotatable bonds is 7. The molecule has 0 bridgehead atoms. The lowest BCUT2D eigenvalue weighted by atomic mass is 10.1. The van der Waals surface area contributed by atoms with Crippen molar-refractivity contribution in [3.05, 3.63) is 47.8 Å². The van der Waals surface area contributed by atoms with Gasteiger partial charge in [-0.25, -0.2) is 9.50 Å². The Hall–Kier alpha value is -3.92. The van der Waals surface area contributed by atoms with Gasteiger partial charge in [0.1, 0.15) is 11.2 Å². The minimum atomic E-state index is 0.00151. The van der Waals surface area contributed by atoms with E-state index in [1.165, 1.54) is 12.8 Å². The Labute approximate surface area is 232 Å². The van der Waals surface area contributed by atoms with Crippen LogP contribution in [0.25, 0.3) is 27.8 Å². The highest BCUT2D eigenvalue weighted by Gasteiger charge is 2.29. The lowest BCUT2D eigenvalue weighted by molar-refractivity contribution is -0.119. The fraction of sp³-hybridized carbons (Fsp3) is 0.467. The van der Waals surface area contributed by atoms with Gasteiger partial charge in [-0.05, 0) is 62.8 Å². The van der Waals surface area contributed by atoms with Gasteiger partial charge in [0.25, 0.3) is 5.91 Å². The third-order valence-electron chi connectivity index (χ3n) is 8.54. The van der Waals surface area contributed by atoms with E-state index in [-0.39, 0.29) is 23.8 Å². The first-order valence-corrected chi connectivity index (χ1v) is 14.4. The topological polar surface area (TPSA) is 120 Å². The van der Waals surface area contributed by atoms with Crippen LogP contribution >= 0.6 is 0 Å². The molecule has 6 heterocycles. The van der Waals surface area contributed by atoms with Gasteiger partial charge in [0, 0.05) is 67.9 Å². The predicted molar refractivity (Wildman–Crippen MR) is 151 cm³/mol. The number of nitrogens with two attached hydrogens (primary N) is 1. The summed E-state index contributed by atoms with van der Waals surface area (Å²) in [6.45, 7) is 5.37. The molecule has 3 aliphatic rings. The van der Waals surface area contributed by atoms with Gasteiger partial charge >= 0.3 is 0 Å². The first-order chi connectivity index (χ1) is 19.4. The Morgan fingerprint density at radius 1 is 1.20 bits per heavy atom. The normalized spacial score (nSPS) is 21.4. The van der Waals surface area contributed by atoms with Crippen molar-refractivity contribution in [2.24, 2.45) is 17.6 Å². The maximum absolute atomic E-state index is 13.2. The highest BCUT2D eigenvalue weighted by atomic mass is 16.5. The van der Waals surface area contributed by atoms with E-state index in [1.807, 2.05) is 33.8 Å². The van der Waals surface area contributed by atoms with Crippen LogP contribution in [0.3, 0.4) is 0 Å². The monoisotopic (exact) mass is 541 g/mol. The van der Waals surface area contributed by atoms with Crippen LogP contribution in [0, 0.1) is 18.8 Å². The molecule has 40 heavy (non-hydrogen) atoms. The minimum Gasteiger partial charge on any atom is -0.476 e. The van der Waals surface area contributed by atoms with Gasteiger partial charge in [-0.3, -0.25) is 9.59 Å². The van der Waals surface area contributed by atoms with Crippen molar-refractivity contribution in [3.63, 3.8) is 0 Å². The predicted octanol–water partition coefficient (Wildman–Crippen LogP) is 3.15. The maximum Gasteiger partial charge on any atom is 0.255 e. The maximum atomic E-state index is 13.2. The molecule has 0 radical (unpaired) electrons. The van der Waals surface area contributed by atoms with Crippen LogP contribution in [0.5, 0.6) is 5.88 Å². The van der Waals surface area contributed by atoms with Crippen LogP contribution in [0.1, 0.15) is 48.0 Å². The molecular weight excluding hydrogens is 506 g/mol. The lowest BCUT2D eigenvalue weighted by Gasteiger charge is -2.30. The van der Waals surface area contributed by atoms with E-state index in [1.54, 1.807) is 6.20 Å². The minimum absolute atomic E-state index is 0.00151. The molecule has 3 fully saturated rings. The first kappa shape index (κ1) is 25.1. The smallest absolute Gasteiger partial charge is 0.255 e. The van der Waals surface area contributed by atoms with E-state index in [0.717, 1.165) is 59.3 Å². The number of ether oxygens (including phenoxy) is 1. The number of likely N-dealkylation sites (tertiary alicyclic amines) is 1. The molecule has 2 amide bonds. The number of carbonyl (C=O) groups excluding carboxylic acids is 2. The molecule has 2 atom stereocenters. The number of aryl methyl sites for hydroxylation is 1. The average molecular weight is 542 g/mol. The number of nitrogens with one attached hydrogen (secondary N) is 1. The largest absolute Gasteiger partial charge is 0.476 e. The molecule has 2 saturated heterocycles. The zero-order valence-corrected chi connectivity index (χ0v) is 22.8. The van der Waals surface area contributed by atoms with Gasteiger partial charge in [0.05, 0.1) is 23.4 Å². The van der Waals surface area contributed by atoms with Gasteiger partial charge in [0.2, 0.25) is 11.8 Å². The zero-order chi connectivity index (χ0) is 27.4. The lowest BCUT2D eigenvalue weighted by Crippen LogP contribution is -2.45. The van der Waals surface area contributed by atoms with Crippen molar-refractivity contribution in [2.45, 2.75) is 51.6 Å². The third kappa shape index (κ3) is 4.60. The van der Waals surface area contributed by atoms with E-state index in [9.17, 15) is 9.59 Å². The molecule has 0 aromatic carbocycles. The van der Waals surface area contributed by atoms with Crippen molar-refractivity contribution in [1.29, 1.82) is 0 Å². The number of nitrogens with zero attached hydrogens (tertiary/aromatic N) is 5. The second kappa shape index (κ2) is 9.92. The second-order valence-corrected chi connectivity index (χ2v) is 11.7. The fourth-order valence-corrected chi connectivity index (χ4v) is 6.13. The number of carbonyl (C=O) groups is 2. The highest BCUT2D eigenvalue weighted by molar-refractivity contribution is 5.95. The number of piperidine rings is 1. The Morgan fingerprint density at radius 3 is 2.85 bits per heavy atom. The van der Waals surface area contributed by atoms with Crippen LogP contribution < -0.4 is 15.8 Å². The molecule has 10 nitrogen and oxygen atoms in total. The number of amides is 2. The van der Waals surface area contributed by atoms with Crippen molar-refractivity contribution in [1.82, 2.24) is 29.4 Å². The number of aromatic nitrogens is 4. The number of hydrogen-bond acceptors (Lipinski definition) is 6. The van der Waals surface area contributed by atoms with Gasteiger partial charge in [0.15, 0.2) is 0 Å². The molecule has 208 valence electrons. The average Bonchev–Trinajstić information content (AvgIpc) is 3.43. The molecule has 2 aliphatic heterocycles. The summed E-state index contributed by atoms with van der Waals surface area (Å²) >= 11 is 0. The molecule has 10 heteroatoms.